The van der Waals surface area contributed by atoms with Gasteiger partial charge in [-0.1, -0.05) is 0 Å². The smallest absolute Gasteiger partial charge is 0.169 e. The number of rotatable bonds is 1. The van der Waals surface area contributed by atoms with Gasteiger partial charge in [0.15, 0.2) is 11.6 Å². The van der Waals surface area contributed by atoms with Gasteiger partial charge in [-0.15, -0.1) is 0 Å². The van der Waals surface area contributed by atoms with E-state index in [1.54, 1.807) is 13.8 Å². The Morgan fingerprint density at radius 3 is 2.29 bits per heavy atom. The van der Waals surface area contributed by atoms with Crippen LogP contribution in [0.25, 0.3) is 0 Å². The van der Waals surface area contributed by atoms with Crippen molar-refractivity contribution in [1.29, 1.82) is 0 Å². The molecule has 5 heteroatoms. The van der Waals surface area contributed by atoms with Crippen molar-refractivity contribution < 1.29 is 14.6 Å². The molecule has 0 amide bonds. The van der Waals surface area contributed by atoms with Crippen LogP contribution in [-0.2, 0) is 5.54 Å². The van der Waals surface area contributed by atoms with Gasteiger partial charge in [0.1, 0.15) is 10.2 Å². The van der Waals surface area contributed by atoms with Gasteiger partial charge in [0.2, 0.25) is 0 Å². The van der Waals surface area contributed by atoms with Gasteiger partial charge < -0.3 is 15.9 Å². The van der Waals surface area contributed by atoms with Crippen molar-refractivity contribution in [1.82, 2.24) is 0 Å². The highest BCUT2D eigenvalue weighted by Crippen LogP contribution is 2.41. The molecule has 1 aromatic rings. The molecule has 0 aromatic heterocycles. The minimum atomic E-state index is -0.874. The van der Waals surface area contributed by atoms with Gasteiger partial charge in [-0.2, -0.15) is 0 Å². The third-order valence-corrected chi connectivity index (χ3v) is 2.61. The van der Waals surface area contributed by atoms with Crippen molar-refractivity contribution in [2.75, 3.05) is 0 Å². The molecule has 0 saturated carbocycles. The maximum absolute atomic E-state index is 13.1. The topological polar surface area (TPSA) is 66.5 Å². The summed E-state index contributed by atoms with van der Waals surface area (Å²) in [5.41, 5.74) is 5.08. The van der Waals surface area contributed by atoms with Crippen LogP contribution < -0.4 is 5.73 Å². The Labute approximate surface area is 89.5 Å². The van der Waals surface area contributed by atoms with Gasteiger partial charge >= 0.3 is 0 Å². The fraction of sp³-hybridized carbons (Fsp3) is 0.333. The molecule has 0 aliphatic heterocycles. The largest absolute Gasteiger partial charge is 0.506 e. The molecule has 0 aliphatic rings. The van der Waals surface area contributed by atoms with E-state index < -0.39 is 17.1 Å². The van der Waals surface area contributed by atoms with Crippen LogP contribution in [-0.4, -0.2) is 10.2 Å². The highest BCUT2D eigenvalue weighted by molar-refractivity contribution is 9.10. The number of phenols is 2. The van der Waals surface area contributed by atoms with Crippen LogP contribution in [0.4, 0.5) is 4.39 Å². The van der Waals surface area contributed by atoms with Crippen LogP contribution in [0.3, 0.4) is 0 Å². The molecule has 14 heavy (non-hydrogen) atoms. The number of aromatic hydroxyl groups is 2. The first kappa shape index (κ1) is 11.3. The van der Waals surface area contributed by atoms with E-state index in [4.69, 9.17) is 10.8 Å². The molecule has 1 aromatic carbocycles. The monoisotopic (exact) mass is 263 g/mol. The van der Waals surface area contributed by atoms with E-state index in [1.165, 1.54) is 0 Å². The van der Waals surface area contributed by atoms with Gasteiger partial charge in [0.05, 0.1) is 0 Å². The summed E-state index contributed by atoms with van der Waals surface area (Å²) in [6.07, 6.45) is 0. The quantitative estimate of drug-likeness (QED) is 0.728. The number of benzene rings is 1. The van der Waals surface area contributed by atoms with Crippen LogP contribution >= 0.6 is 15.9 Å². The number of nitrogens with two attached hydrogens (primary N) is 1. The molecule has 0 bridgehead atoms. The first-order valence-corrected chi connectivity index (χ1v) is 4.73. The molecule has 0 atom stereocenters. The van der Waals surface area contributed by atoms with Crippen LogP contribution in [0.15, 0.2) is 10.5 Å². The minimum Gasteiger partial charge on any atom is -0.506 e. The molecule has 0 fully saturated rings. The Bertz CT molecular complexity index is 374. The van der Waals surface area contributed by atoms with Crippen molar-refractivity contribution in [3.05, 3.63) is 21.9 Å². The van der Waals surface area contributed by atoms with E-state index in [2.05, 4.69) is 15.9 Å². The second-order valence-corrected chi connectivity index (χ2v) is 4.43. The predicted molar refractivity (Wildman–Crippen MR) is 54.6 cm³/mol. The highest BCUT2D eigenvalue weighted by atomic mass is 79.9. The maximum atomic E-state index is 13.1. The lowest BCUT2D eigenvalue weighted by Crippen LogP contribution is -2.28. The second kappa shape index (κ2) is 3.40. The lowest BCUT2D eigenvalue weighted by atomic mass is 9.94. The third-order valence-electron chi connectivity index (χ3n) is 1.86. The molecule has 3 nitrogen and oxygen atoms in total. The van der Waals surface area contributed by atoms with Crippen molar-refractivity contribution in [3.63, 3.8) is 0 Å². The molecular weight excluding hydrogens is 253 g/mol. The molecule has 0 unspecified atom stereocenters. The Hall–Kier alpha value is -0.810. The number of phenolic OH excluding ortho intramolecular Hbond substituents is 2. The molecule has 0 heterocycles. The first-order valence-electron chi connectivity index (χ1n) is 3.94. The van der Waals surface area contributed by atoms with E-state index in [0.717, 1.165) is 6.07 Å². The predicted octanol–water partition coefficient (Wildman–Crippen LogP) is 2.19. The van der Waals surface area contributed by atoms with Crippen molar-refractivity contribution in [2.45, 2.75) is 19.4 Å². The number of halogens is 2. The van der Waals surface area contributed by atoms with Crippen LogP contribution in [0.5, 0.6) is 11.5 Å². The summed E-state index contributed by atoms with van der Waals surface area (Å²) in [6.45, 7) is 3.26. The van der Waals surface area contributed by atoms with Gasteiger partial charge in [-0.25, -0.2) is 4.39 Å². The highest BCUT2D eigenvalue weighted by Gasteiger charge is 2.24. The van der Waals surface area contributed by atoms with Gasteiger partial charge in [-0.3, -0.25) is 0 Å². The van der Waals surface area contributed by atoms with E-state index in [9.17, 15) is 9.50 Å². The van der Waals surface area contributed by atoms with E-state index in [1.807, 2.05) is 0 Å². The summed E-state index contributed by atoms with van der Waals surface area (Å²) < 4.78 is 13.0. The van der Waals surface area contributed by atoms with E-state index in [-0.39, 0.29) is 15.8 Å². The van der Waals surface area contributed by atoms with Gasteiger partial charge in [0, 0.05) is 11.1 Å². The van der Waals surface area contributed by atoms with Crippen LogP contribution in [0, 0.1) is 5.82 Å². The lowest BCUT2D eigenvalue weighted by molar-refractivity contribution is 0.399. The first-order chi connectivity index (χ1) is 6.25. The van der Waals surface area contributed by atoms with Gasteiger partial charge in [0.25, 0.3) is 0 Å². The number of hydrogen-bond donors (Lipinski definition) is 3. The van der Waals surface area contributed by atoms with Crippen molar-refractivity contribution in [2.24, 2.45) is 5.73 Å². The molecule has 0 aliphatic carbocycles. The molecule has 1 rings (SSSR count). The summed E-state index contributed by atoms with van der Waals surface area (Å²) in [6, 6.07) is 1.02. The SMILES string of the molecule is CC(C)(N)c1cc(F)c(O)c(Br)c1O. The number of hydrogen-bond acceptors (Lipinski definition) is 3. The van der Waals surface area contributed by atoms with Crippen molar-refractivity contribution >= 4 is 15.9 Å². The van der Waals surface area contributed by atoms with Crippen LogP contribution in [0.2, 0.25) is 0 Å². The van der Waals surface area contributed by atoms with Crippen molar-refractivity contribution in [3.8, 4) is 11.5 Å². The zero-order valence-corrected chi connectivity index (χ0v) is 9.39. The Kier molecular flexibility index (Phi) is 2.74. The maximum Gasteiger partial charge on any atom is 0.169 e. The molecule has 0 radical (unpaired) electrons. The Balaban J connectivity index is 3.49. The third kappa shape index (κ3) is 1.83. The summed E-state index contributed by atoms with van der Waals surface area (Å²) in [5, 5.41) is 18.7. The molecular formula is C9H11BrFNO2. The normalized spacial score (nSPS) is 11.8. The lowest BCUT2D eigenvalue weighted by Gasteiger charge is -2.21. The summed E-state index contributed by atoms with van der Waals surface area (Å²) in [4.78, 5) is 0. The van der Waals surface area contributed by atoms with Gasteiger partial charge in [-0.05, 0) is 35.8 Å². The van der Waals surface area contributed by atoms with Crippen LogP contribution in [0.1, 0.15) is 19.4 Å². The molecule has 0 saturated heterocycles. The Morgan fingerprint density at radius 1 is 1.36 bits per heavy atom. The summed E-state index contributed by atoms with van der Waals surface area (Å²) in [7, 11) is 0. The zero-order chi connectivity index (χ0) is 11.1. The van der Waals surface area contributed by atoms with E-state index >= 15 is 0 Å². The fourth-order valence-corrected chi connectivity index (χ4v) is 1.49. The Morgan fingerprint density at radius 2 is 1.86 bits per heavy atom. The zero-order valence-electron chi connectivity index (χ0n) is 7.81. The second-order valence-electron chi connectivity index (χ2n) is 3.64. The average Bonchev–Trinajstić information content (AvgIpc) is 2.06. The molecule has 78 valence electrons. The fourth-order valence-electron chi connectivity index (χ4n) is 1.09. The minimum absolute atomic E-state index is 0.0778. The molecule has 4 N–H and O–H groups in total. The summed E-state index contributed by atoms with van der Waals surface area (Å²) >= 11 is 2.88. The average molecular weight is 264 g/mol. The standard InChI is InChI=1S/C9H11BrFNO2/c1-9(2,12)4-3-5(11)8(14)6(10)7(4)13/h3,13-14H,12H2,1-2H3. The van der Waals surface area contributed by atoms with E-state index in [0.29, 0.717) is 0 Å². The summed E-state index contributed by atoms with van der Waals surface area (Å²) in [5.74, 6) is -1.67. The molecule has 0 spiro atoms.